The minimum atomic E-state index is -0.117. The highest BCUT2D eigenvalue weighted by atomic mass is 16.5. The highest BCUT2D eigenvalue weighted by Gasteiger charge is 2.31. The molecule has 35 heavy (non-hydrogen) atoms. The summed E-state index contributed by atoms with van der Waals surface area (Å²) < 4.78 is 5.90. The van der Waals surface area contributed by atoms with E-state index in [-0.39, 0.29) is 12.1 Å². The van der Waals surface area contributed by atoms with Crippen LogP contribution in [0.4, 0.5) is 0 Å². The molecule has 0 unspecified atom stereocenters. The summed E-state index contributed by atoms with van der Waals surface area (Å²) in [5.41, 5.74) is 2.16. The molecule has 4 rings (SSSR count). The van der Waals surface area contributed by atoms with Crippen molar-refractivity contribution in [1.82, 2.24) is 0 Å². The van der Waals surface area contributed by atoms with Gasteiger partial charge in [-0.1, -0.05) is 77.3 Å². The Hall–Kier alpha value is -1.31. The van der Waals surface area contributed by atoms with Crippen LogP contribution in [0, 0.1) is 23.7 Å². The van der Waals surface area contributed by atoms with Crippen LogP contribution in [0.15, 0.2) is 24.3 Å². The lowest BCUT2D eigenvalue weighted by molar-refractivity contribution is 0.0161. The minimum absolute atomic E-state index is 0.117. The SMILES string of the molecule is CCCCCC1CCC(OC(=O)c2ccc([C@H]3CC[C@H]([C@H]4CC[C@H](CCC)CC4)CC3)cc2)CC1. The van der Waals surface area contributed by atoms with Gasteiger partial charge in [-0.15, -0.1) is 0 Å². The molecular weight excluding hydrogens is 428 g/mol. The van der Waals surface area contributed by atoms with Crippen LogP contribution in [0.3, 0.4) is 0 Å². The van der Waals surface area contributed by atoms with E-state index >= 15 is 0 Å². The number of rotatable bonds is 10. The molecule has 1 aromatic rings. The van der Waals surface area contributed by atoms with E-state index in [0.717, 1.165) is 42.1 Å². The summed E-state index contributed by atoms with van der Waals surface area (Å²) in [5, 5.41) is 0. The van der Waals surface area contributed by atoms with Gasteiger partial charge in [0.15, 0.2) is 0 Å². The molecule has 0 spiro atoms. The Morgan fingerprint density at radius 1 is 0.686 bits per heavy atom. The number of hydrogen-bond donors (Lipinski definition) is 0. The Labute approximate surface area is 216 Å². The Bertz CT molecular complexity index is 729. The van der Waals surface area contributed by atoms with Crippen LogP contribution in [0.2, 0.25) is 0 Å². The zero-order chi connectivity index (χ0) is 24.5. The van der Waals surface area contributed by atoms with Crippen LogP contribution in [0.5, 0.6) is 0 Å². The Balaban J connectivity index is 1.17. The molecule has 3 aliphatic rings. The van der Waals surface area contributed by atoms with Gasteiger partial charge in [-0.2, -0.15) is 0 Å². The van der Waals surface area contributed by atoms with Crippen molar-refractivity contribution >= 4 is 5.97 Å². The Morgan fingerprint density at radius 3 is 1.86 bits per heavy atom. The predicted molar refractivity (Wildman–Crippen MR) is 147 cm³/mol. The third-order valence-electron chi connectivity index (χ3n) is 9.93. The van der Waals surface area contributed by atoms with Crippen molar-refractivity contribution in [3.05, 3.63) is 35.4 Å². The van der Waals surface area contributed by atoms with Gasteiger partial charge in [-0.05, 0) is 111 Å². The largest absolute Gasteiger partial charge is 0.459 e. The van der Waals surface area contributed by atoms with E-state index in [1.807, 2.05) is 12.1 Å². The maximum Gasteiger partial charge on any atom is 0.338 e. The van der Waals surface area contributed by atoms with Gasteiger partial charge in [0.2, 0.25) is 0 Å². The fraction of sp³-hybridized carbons (Fsp3) is 0.788. The van der Waals surface area contributed by atoms with Crippen LogP contribution < -0.4 is 0 Å². The summed E-state index contributed by atoms with van der Waals surface area (Å²) in [7, 11) is 0. The van der Waals surface area contributed by atoms with E-state index in [4.69, 9.17) is 4.74 Å². The molecule has 3 aliphatic carbocycles. The molecule has 0 N–H and O–H groups in total. The molecular formula is C33H52O2. The monoisotopic (exact) mass is 480 g/mol. The van der Waals surface area contributed by atoms with Crippen molar-refractivity contribution in [1.29, 1.82) is 0 Å². The molecule has 0 atom stereocenters. The number of carbonyl (C=O) groups is 1. The first kappa shape index (κ1) is 26.7. The van der Waals surface area contributed by atoms with Crippen molar-refractivity contribution in [3.63, 3.8) is 0 Å². The van der Waals surface area contributed by atoms with Crippen molar-refractivity contribution in [2.75, 3.05) is 0 Å². The first-order valence-electron chi connectivity index (χ1n) is 15.5. The van der Waals surface area contributed by atoms with Gasteiger partial charge in [-0.25, -0.2) is 4.79 Å². The first-order valence-corrected chi connectivity index (χ1v) is 15.5. The van der Waals surface area contributed by atoms with E-state index in [9.17, 15) is 4.79 Å². The van der Waals surface area contributed by atoms with E-state index in [2.05, 4.69) is 26.0 Å². The first-order chi connectivity index (χ1) is 17.2. The summed E-state index contributed by atoms with van der Waals surface area (Å²) in [5.74, 6) is 4.38. The van der Waals surface area contributed by atoms with Crippen LogP contribution >= 0.6 is 0 Å². The summed E-state index contributed by atoms with van der Waals surface area (Å²) >= 11 is 0. The van der Waals surface area contributed by atoms with Crippen molar-refractivity contribution in [3.8, 4) is 0 Å². The van der Waals surface area contributed by atoms with E-state index < -0.39 is 0 Å². The van der Waals surface area contributed by atoms with Gasteiger partial charge in [0.05, 0.1) is 5.56 Å². The second-order valence-corrected chi connectivity index (χ2v) is 12.3. The normalized spacial score (nSPS) is 31.7. The highest BCUT2D eigenvalue weighted by Crippen LogP contribution is 2.44. The Morgan fingerprint density at radius 2 is 1.26 bits per heavy atom. The lowest BCUT2D eigenvalue weighted by Crippen LogP contribution is -2.25. The third kappa shape index (κ3) is 7.83. The van der Waals surface area contributed by atoms with Gasteiger partial charge in [0.1, 0.15) is 6.10 Å². The van der Waals surface area contributed by atoms with E-state index in [1.165, 1.54) is 108 Å². The number of ether oxygens (including phenoxy) is 1. The van der Waals surface area contributed by atoms with Crippen molar-refractivity contribution < 1.29 is 9.53 Å². The average Bonchev–Trinajstić information content (AvgIpc) is 2.91. The summed E-state index contributed by atoms with van der Waals surface area (Å²) in [6.07, 6.45) is 24.2. The number of carbonyl (C=O) groups excluding carboxylic acids is 1. The highest BCUT2D eigenvalue weighted by molar-refractivity contribution is 5.89. The number of hydrogen-bond acceptors (Lipinski definition) is 2. The molecule has 0 aromatic heterocycles. The molecule has 3 fully saturated rings. The molecule has 0 aliphatic heterocycles. The second-order valence-electron chi connectivity index (χ2n) is 12.3. The van der Waals surface area contributed by atoms with Crippen LogP contribution in [-0.2, 0) is 4.74 Å². The fourth-order valence-corrected chi connectivity index (χ4v) is 7.61. The van der Waals surface area contributed by atoms with Crippen LogP contribution in [-0.4, -0.2) is 12.1 Å². The third-order valence-corrected chi connectivity index (χ3v) is 9.93. The van der Waals surface area contributed by atoms with Crippen LogP contribution in [0.25, 0.3) is 0 Å². The molecule has 0 heterocycles. The minimum Gasteiger partial charge on any atom is -0.459 e. The van der Waals surface area contributed by atoms with Crippen LogP contribution in [0.1, 0.15) is 151 Å². The van der Waals surface area contributed by atoms with Gasteiger partial charge in [0, 0.05) is 0 Å². The molecule has 0 saturated heterocycles. The lowest BCUT2D eigenvalue weighted by Gasteiger charge is -2.38. The smallest absolute Gasteiger partial charge is 0.338 e. The molecule has 2 heteroatoms. The van der Waals surface area contributed by atoms with Gasteiger partial charge < -0.3 is 4.74 Å². The maximum absolute atomic E-state index is 12.8. The summed E-state index contributed by atoms with van der Waals surface area (Å²) in [6, 6.07) is 8.47. The Kier molecular flexibility index (Phi) is 10.6. The predicted octanol–water partition coefficient (Wildman–Crippen LogP) is 9.86. The molecule has 0 amide bonds. The van der Waals surface area contributed by atoms with Gasteiger partial charge in [-0.3, -0.25) is 0 Å². The maximum atomic E-state index is 12.8. The van der Waals surface area contributed by atoms with Crippen molar-refractivity contribution in [2.24, 2.45) is 23.7 Å². The fourth-order valence-electron chi connectivity index (χ4n) is 7.61. The molecule has 0 radical (unpaired) electrons. The van der Waals surface area contributed by atoms with Gasteiger partial charge in [0.25, 0.3) is 0 Å². The molecule has 0 bridgehead atoms. The molecule has 2 nitrogen and oxygen atoms in total. The molecule has 1 aromatic carbocycles. The molecule has 196 valence electrons. The standard InChI is InChI=1S/C33H52O2/c1-3-5-6-8-26-11-23-32(24-12-26)35-33(34)31-21-19-30(20-22-31)29-17-15-28(16-18-29)27-13-9-25(7-4-2)10-14-27/h19-22,25-29,32H,3-18,23-24H2,1-2H3/t25-,26?,27-,28-,29-,32?. The summed E-state index contributed by atoms with van der Waals surface area (Å²) in [6.45, 7) is 4.61. The number of unbranched alkanes of at least 4 members (excludes halogenated alkanes) is 2. The zero-order valence-electron chi connectivity index (χ0n) is 22.8. The van der Waals surface area contributed by atoms with Gasteiger partial charge >= 0.3 is 5.97 Å². The molecule has 3 saturated carbocycles. The second kappa shape index (κ2) is 13.8. The number of esters is 1. The number of benzene rings is 1. The topological polar surface area (TPSA) is 26.3 Å². The quantitative estimate of drug-likeness (QED) is 0.246. The average molecular weight is 481 g/mol. The zero-order valence-corrected chi connectivity index (χ0v) is 22.8. The van der Waals surface area contributed by atoms with E-state index in [1.54, 1.807) is 0 Å². The van der Waals surface area contributed by atoms with E-state index in [0.29, 0.717) is 5.92 Å². The van der Waals surface area contributed by atoms with Crippen molar-refractivity contribution in [2.45, 2.75) is 141 Å². The lowest BCUT2D eigenvalue weighted by atomic mass is 9.68. The summed E-state index contributed by atoms with van der Waals surface area (Å²) in [4.78, 5) is 12.8.